The Hall–Kier alpha value is 2.44. The van der Waals surface area contributed by atoms with E-state index in [1.54, 1.807) is 0 Å². The first-order valence-electron chi connectivity index (χ1n) is 1.07. The van der Waals surface area contributed by atoms with Crippen LogP contribution in [0.3, 0.4) is 0 Å². The molecule has 0 saturated carbocycles. The Labute approximate surface area is 103 Å². The van der Waals surface area contributed by atoms with E-state index >= 15 is 0 Å². The summed E-state index contributed by atoms with van der Waals surface area (Å²) in [7, 11) is 0. The first-order valence-corrected chi connectivity index (χ1v) is 5.55. The Balaban J connectivity index is -0.00000000762. The van der Waals surface area contributed by atoms with E-state index in [0.717, 1.165) is 0 Å². The average Bonchev–Trinajstić information content (AvgIpc) is 2.03. The molecule has 0 aromatic carbocycles. The molecule has 0 unspecified atom stereocenters. The number of hydrogen-bond acceptors (Lipinski definition) is 0. The summed E-state index contributed by atoms with van der Waals surface area (Å²) in [6.45, 7) is 0. The van der Waals surface area contributed by atoms with E-state index in [-0.39, 0.29) is 17.1 Å². The topological polar surface area (TPSA) is 0 Å². The van der Waals surface area contributed by atoms with Gasteiger partial charge in [0.25, 0.3) is 0 Å². The third-order valence-corrected chi connectivity index (χ3v) is 0. The van der Waals surface area contributed by atoms with Gasteiger partial charge in [0.05, 0.1) is 0 Å². The van der Waals surface area contributed by atoms with Gasteiger partial charge < -0.3 is 63.7 Å². The van der Waals surface area contributed by atoms with Crippen molar-refractivity contribution in [1.82, 2.24) is 0 Å². The maximum atomic E-state index is 3.06. The minimum absolute atomic E-state index is 0. The van der Waals surface area contributed by atoms with E-state index < -0.39 is 0 Å². The first kappa shape index (κ1) is 30.1. The van der Waals surface area contributed by atoms with Crippen LogP contribution in [0.15, 0.2) is 0 Å². The maximum absolute atomic E-state index is 3.06. The zero-order valence-corrected chi connectivity index (χ0v) is 11.9. The van der Waals surface area contributed by atoms with Crippen molar-refractivity contribution >= 4 is 63.7 Å². The molecule has 0 aromatic rings. The SMILES string of the molecule is [CH2-]Br.[CH2-]Br.[CH2-]Br.[CH2-]Br.[Cu]. The summed E-state index contributed by atoms with van der Waals surface area (Å²) >= 11 is 10.8. The van der Waals surface area contributed by atoms with Crippen LogP contribution in [0.1, 0.15) is 0 Å². The summed E-state index contributed by atoms with van der Waals surface area (Å²) < 4.78 is 0. The van der Waals surface area contributed by atoms with E-state index in [2.05, 4.69) is 87.1 Å². The van der Waals surface area contributed by atoms with Crippen LogP contribution in [0, 0.1) is 23.3 Å². The zero-order valence-electron chi connectivity index (χ0n) is 4.64. The van der Waals surface area contributed by atoms with Crippen LogP contribution < -0.4 is 0 Å². The number of hydrogen-bond donors (Lipinski definition) is 0. The maximum Gasteiger partial charge on any atom is 0 e. The molecule has 67 valence electrons. The molecule has 0 amide bonds. The van der Waals surface area contributed by atoms with Gasteiger partial charge in [-0.05, 0) is 0 Å². The van der Waals surface area contributed by atoms with Crippen LogP contribution >= 0.6 is 63.7 Å². The second-order valence-electron chi connectivity index (χ2n) is 0. The molecule has 0 nitrogen and oxygen atoms in total. The van der Waals surface area contributed by atoms with Gasteiger partial charge in [-0.2, -0.15) is 0 Å². The zero-order chi connectivity index (χ0) is 8.00. The Morgan fingerprint density at radius 1 is 0.444 bits per heavy atom. The van der Waals surface area contributed by atoms with Crippen LogP contribution in [0.2, 0.25) is 0 Å². The molecule has 0 aliphatic heterocycles. The molecule has 0 aliphatic carbocycles. The van der Waals surface area contributed by atoms with Crippen LogP contribution in [0.5, 0.6) is 0 Å². The molecule has 0 spiro atoms. The molecule has 0 atom stereocenters. The minimum atomic E-state index is 0. The molecule has 1 radical (unpaired) electrons. The summed E-state index contributed by atoms with van der Waals surface area (Å²) in [5, 5.41) is 0. The van der Waals surface area contributed by atoms with Crippen molar-refractivity contribution < 1.29 is 17.1 Å². The van der Waals surface area contributed by atoms with Gasteiger partial charge in [-0.1, -0.05) is 0 Å². The van der Waals surface area contributed by atoms with E-state index in [4.69, 9.17) is 0 Å². The Bertz CT molecular complexity index is 12.5. The fourth-order valence-corrected chi connectivity index (χ4v) is 0. The van der Waals surface area contributed by atoms with Gasteiger partial charge >= 0.3 is 0 Å². The van der Waals surface area contributed by atoms with E-state index in [0.29, 0.717) is 0 Å². The van der Waals surface area contributed by atoms with Gasteiger partial charge in [0, 0.05) is 17.1 Å². The fraction of sp³-hybridized carbons (Fsp3) is 0. The van der Waals surface area contributed by atoms with Crippen molar-refractivity contribution in [3.8, 4) is 0 Å². The van der Waals surface area contributed by atoms with E-state index in [1.807, 2.05) is 0 Å². The second-order valence-corrected chi connectivity index (χ2v) is 0. The minimum Gasteiger partial charge on any atom is -0.323 e. The molecule has 0 bridgehead atoms. The molecule has 0 rings (SSSR count). The molecule has 9 heavy (non-hydrogen) atoms. The molecular weight excluding hydrogens is 431 g/mol. The monoisotopic (exact) mass is 435 g/mol. The smallest absolute Gasteiger partial charge is 0 e. The van der Waals surface area contributed by atoms with Gasteiger partial charge in [0.1, 0.15) is 0 Å². The van der Waals surface area contributed by atoms with Gasteiger partial charge in [-0.3, -0.25) is 23.3 Å². The van der Waals surface area contributed by atoms with Gasteiger partial charge in [-0.25, -0.2) is 0 Å². The summed E-state index contributed by atoms with van der Waals surface area (Å²) in [6, 6.07) is 0. The fourth-order valence-electron chi connectivity index (χ4n) is 0. The Morgan fingerprint density at radius 2 is 0.444 bits per heavy atom. The summed E-state index contributed by atoms with van der Waals surface area (Å²) in [5.74, 6) is 12.2. The first-order chi connectivity index (χ1) is 4.00. The van der Waals surface area contributed by atoms with Crippen LogP contribution in [-0.2, 0) is 17.1 Å². The third kappa shape index (κ3) is 125. The Morgan fingerprint density at radius 3 is 0.444 bits per heavy atom. The molecule has 5 heteroatoms. The summed E-state index contributed by atoms with van der Waals surface area (Å²) in [4.78, 5) is 0. The van der Waals surface area contributed by atoms with Crippen LogP contribution in [0.4, 0.5) is 0 Å². The van der Waals surface area contributed by atoms with Crippen molar-refractivity contribution in [2.75, 3.05) is 0 Å². The predicted octanol–water partition coefficient (Wildman–Crippen LogP) is 4.69. The van der Waals surface area contributed by atoms with Crippen LogP contribution in [0.25, 0.3) is 0 Å². The Kier molecular flexibility index (Phi) is 522. The van der Waals surface area contributed by atoms with Crippen molar-refractivity contribution in [3.05, 3.63) is 23.3 Å². The number of rotatable bonds is 0. The standard InChI is InChI=1S/4CH2Br.Cu/c4*1-2;/h4*1H2;/q4*-1;. The molecule has 0 heterocycles. The van der Waals surface area contributed by atoms with Crippen molar-refractivity contribution in [3.63, 3.8) is 0 Å². The molecule has 0 aromatic heterocycles. The van der Waals surface area contributed by atoms with Crippen LogP contribution in [-0.4, -0.2) is 0 Å². The predicted molar refractivity (Wildman–Crippen MR) is 57.1 cm³/mol. The molecule has 0 aliphatic rings. The average molecular weight is 439 g/mol. The van der Waals surface area contributed by atoms with Crippen molar-refractivity contribution in [2.24, 2.45) is 0 Å². The van der Waals surface area contributed by atoms with E-state index in [1.165, 1.54) is 0 Å². The summed E-state index contributed by atoms with van der Waals surface area (Å²) in [5.41, 5.74) is 0. The second kappa shape index (κ2) is 156. The third-order valence-electron chi connectivity index (χ3n) is 0. The van der Waals surface area contributed by atoms with Crippen molar-refractivity contribution in [1.29, 1.82) is 0 Å². The number of halogens is 4. The summed E-state index contributed by atoms with van der Waals surface area (Å²) in [6.07, 6.45) is 0. The molecule has 0 saturated heterocycles. The quantitative estimate of drug-likeness (QED) is 0.380. The molecule has 0 fully saturated rings. The van der Waals surface area contributed by atoms with Gasteiger partial charge in [-0.15, -0.1) is 0 Å². The van der Waals surface area contributed by atoms with Crippen molar-refractivity contribution in [2.45, 2.75) is 0 Å². The van der Waals surface area contributed by atoms with Gasteiger partial charge in [0.15, 0.2) is 0 Å². The molecule has 0 N–H and O–H groups in total. The van der Waals surface area contributed by atoms with Gasteiger partial charge in [0.2, 0.25) is 0 Å². The largest absolute Gasteiger partial charge is 0.323 e. The molecular formula is C4H8Br4Cu-4. The van der Waals surface area contributed by atoms with E-state index in [9.17, 15) is 0 Å². The normalized spacial score (nSPS) is 2.67.